The molecule has 0 aliphatic heterocycles. The highest BCUT2D eigenvalue weighted by molar-refractivity contribution is 9.10. The summed E-state index contributed by atoms with van der Waals surface area (Å²) in [5, 5.41) is 11.3. The lowest BCUT2D eigenvalue weighted by Crippen LogP contribution is -2.24. The molecule has 0 bridgehead atoms. The summed E-state index contributed by atoms with van der Waals surface area (Å²) in [5.41, 5.74) is -7.68. The van der Waals surface area contributed by atoms with Gasteiger partial charge in [-0.2, -0.15) is 23.5 Å². The molecule has 2 rings (SSSR count). The predicted octanol–water partition coefficient (Wildman–Crippen LogP) is 5.46. The Morgan fingerprint density at radius 1 is 1.15 bits per heavy atom. The van der Waals surface area contributed by atoms with E-state index in [1.807, 2.05) is 0 Å². The fraction of sp³-hybridized carbons (Fsp3) is 0.167. The van der Waals surface area contributed by atoms with Crippen molar-refractivity contribution in [3.63, 3.8) is 0 Å². The smallest absolute Gasteiger partial charge is 0.578 e. The molecule has 2 aromatic rings. The summed E-state index contributed by atoms with van der Waals surface area (Å²) >= 11 is 10.6. The highest BCUT2D eigenvalue weighted by atomic mass is 79.9. The summed E-state index contributed by atoms with van der Waals surface area (Å²) in [7, 11) is 0. The molecule has 0 radical (unpaired) electrons. The van der Waals surface area contributed by atoms with E-state index in [0.717, 1.165) is 0 Å². The molecule has 0 aliphatic rings. The molecule has 0 aliphatic carbocycles. The minimum Gasteiger partial charge on any atom is -0.604 e. The molecule has 1 atom stereocenters. The Morgan fingerprint density at radius 3 is 2.04 bits per heavy atom. The van der Waals surface area contributed by atoms with E-state index < -0.39 is 59.3 Å². The lowest BCUT2D eigenvalue weighted by Gasteiger charge is -2.13. The van der Waals surface area contributed by atoms with Gasteiger partial charge in [0, 0.05) is 0 Å². The van der Waals surface area contributed by atoms with E-state index in [1.165, 1.54) is 6.07 Å². The van der Waals surface area contributed by atoms with Gasteiger partial charge in [-0.25, -0.2) is 4.68 Å². The van der Waals surface area contributed by atoms with Gasteiger partial charge in [-0.05, 0) is 28.1 Å². The Balaban J connectivity index is 2.72. The fourth-order valence-corrected chi connectivity index (χ4v) is 4.08. The molecule has 14 heteroatoms. The summed E-state index contributed by atoms with van der Waals surface area (Å²) in [4.78, 5) is -1.01. The second kappa shape index (κ2) is 7.12. The number of hydrogen-bond acceptors (Lipinski definition) is 3. The monoisotopic (exact) mass is 499 g/mol. The number of nitriles is 1. The van der Waals surface area contributed by atoms with Crippen molar-refractivity contribution in [3.05, 3.63) is 38.0 Å². The second-order valence-corrected chi connectivity index (χ2v) is 7.47. The van der Waals surface area contributed by atoms with Crippen molar-refractivity contribution in [2.24, 2.45) is 0 Å². The first kappa shape index (κ1) is 21.2. The van der Waals surface area contributed by atoms with Crippen LogP contribution in [0.5, 0.6) is 0 Å². The maximum Gasteiger partial charge on any atom is 0.578 e. The normalized spacial score (nSPS) is 13.6. The molecule has 0 fully saturated rings. The zero-order chi connectivity index (χ0) is 20.0. The van der Waals surface area contributed by atoms with E-state index in [0.29, 0.717) is 16.8 Å². The van der Waals surface area contributed by atoms with Gasteiger partial charge >= 0.3 is 11.7 Å². The van der Waals surface area contributed by atoms with Crippen molar-refractivity contribution in [3.8, 4) is 11.8 Å². The van der Waals surface area contributed by atoms with Crippen molar-refractivity contribution in [1.29, 1.82) is 5.26 Å². The van der Waals surface area contributed by atoms with Crippen LogP contribution in [0.2, 0.25) is 10.0 Å². The lowest BCUT2D eigenvalue weighted by molar-refractivity contribution is -0.137. The van der Waals surface area contributed by atoms with Gasteiger partial charge in [0.2, 0.25) is 10.6 Å². The molecule has 1 aromatic carbocycles. The zero-order valence-corrected chi connectivity index (χ0v) is 15.6. The van der Waals surface area contributed by atoms with Gasteiger partial charge in [0.15, 0.2) is 4.60 Å². The minimum atomic E-state index is -5.20. The quantitative estimate of drug-likeness (QED) is 0.406. The van der Waals surface area contributed by atoms with E-state index in [4.69, 9.17) is 28.5 Å². The van der Waals surface area contributed by atoms with Crippen LogP contribution >= 0.6 is 39.1 Å². The number of hydrogen-bond donors (Lipinski definition) is 0. The average molecular weight is 501 g/mol. The van der Waals surface area contributed by atoms with Gasteiger partial charge in [-0.3, -0.25) is 0 Å². The van der Waals surface area contributed by atoms with Crippen molar-refractivity contribution in [2.75, 3.05) is 0 Å². The summed E-state index contributed by atoms with van der Waals surface area (Å²) in [6.07, 6.45) is -4.77. The van der Waals surface area contributed by atoms with E-state index in [2.05, 4.69) is 21.0 Å². The highest BCUT2D eigenvalue weighted by Gasteiger charge is 2.50. The summed E-state index contributed by atoms with van der Waals surface area (Å²) in [6.45, 7) is 0. The van der Waals surface area contributed by atoms with E-state index in [1.54, 1.807) is 0 Å². The van der Waals surface area contributed by atoms with Crippen molar-refractivity contribution in [1.82, 2.24) is 9.78 Å². The molecule has 0 N–H and O–H groups in total. The molecule has 0 saturated heterocycles. The third-order valence-electron chi connectivity index (χ3n) is 2.85. The number of aromatic nitrogens is 2. The molecule has 0 spiro atoms. The van der Waals surface area contributed by atoms with Crippen LogP contribution in [0.15, 0.2) is 21.6 Å². The number of alkyl halides is 6. The zero-order valence-electron chi connectivity index (χ0n) is 11.7. The maximum atomic E-state index is 12.8. The van der Waals surface area contributed by atoms with E-state index in [9.17, 15) is 30.9 Å². The molecule has 1 heterocycles. The Bertz CT molecular complexity index is 885. The second-order valence-electron chi connectivity index (χ2n) is 4.49. The molecule has 1 aromatic heterocycles. The van der Waals surface area contributed by atoms with Crippen LogP contribution in [0.1, 0.15) is 11.3 Å². The summed E-state index contributed by atoms with van der Waals surface area (Å²) in [5.74, 6) is 0. The molecule has 0 amide bonds. The Hall–Kier alpha value is -1.13. The molecular formula is C12H2BrCl2F6N3OS. The molecule has 4 nitrogen and oxygen atoms in total. The Labute approximate surface area is 162 Å². The number of rotatable bonds is 2. The van der Waals surface area contributed by atoms with Crippen LogP contribution in [0.4, 0.5) is 26.3 Å². The van der Waals surface area contributed by atoms with Crippen LogP contribution in [0.25, 0.3) is 5.69 Å². The molecule has 1 unspecified atom stereocenters. The van der Waals surface area contributed by atoms with Crippen molar-refractivity contribution < 1.29 is 30.9 Å². The number of halogens is 9. The van der Waals surface area contributed by atoms with Crippen LogP contribution in [0.3, 0.4) is 0 Å². The van der Waals surface area contributed by atoms with Gasteiger partial charge in [0.1, 0.15) is 22.9 Å². The third-order valence-corrected chi connectivity index (χ3v) is 5.59. The Morgan fingerprint density at radius 2 is 1.65 bits per heavy atom. The standard InChI is InChI=1S/C12H2BrCl2F6N3OS/c13-10-9(26(25)12(19,20)21)7(3-22)23-24(10)8-5(14)1-4(2-6(8)15)11(16,17)18/h1-2H. The fourth-order valence-electron chi connectivity index (χ4n) is 1.82. The van der Waals surface area contributed by atoms with Crippen LogP contribution in [-0.2, 0) is 17.4 Å². The topological polar surface area (TPSA) is 64.7 Å². The third kappa shape index (κ3) is 3.91. The van der Waals surface area contributed by atoms with Crippen molar-refractivity contribution >= 4 is 50.3 Å². The summed E-state index contributed by atoms with van der Waals surface area (Å²) in [6, 6.07) is 2.31. The first-order chi connectivity index (χ1) is 11.8. The maximum absolute atomic E-state index is 12.8. The van der Waals surface area contributed by atoms with Crippen LogP contribution < -0.4 is 0 Å². The summed E-state index contributed by atoms with van der Waals surface area (Å²) < 4.78 is 88.1. The Kier molecular flexibility index (Phi) is 5.80. The first-order valence-electron chi connectivity index (χ1n) is 6.02. The highest BCUT2D eigenvalue weighted by Crippen LogP contribution is 2.41. The minimum absolute atomic E-state index is 0.421. The molecule has 26 heavy (non-hydrogen) atoms. The number of benzene rings is 1. The van der Waals surface area contributed by atoms with Gasteiger partial charge in [-0.1, -0.05) is 23.2 Å². The molecular weight excluding hydrogens is 499 g/mol. The molecule has 0 saturated carbocycles. The van der Waals surface area contributed by atoms with Crippen LogP contribution in [-0.4, -0.2) is 19.8 Å². The van der Waals surface area contributed by atoms with E-state index in [-0.39, 0.29) is 0 Å². The van der Waals surface area contributed by atoms with Gasteiger partial charge in [0.05, 0.1) is 15.6 Å². The van der Waals surface area contributed by atoms with Gasteiger partial charge in [-0.15, -0.1) is 13.2 Å². The van der Waals surface area contributed by atoms with Gasteiger partial charge < -0.3 is 4.55 Å². The van der Waals surface area contributed by atoms with Crippen molar-refractivity contribution in [2.45, 2.75) is 16.6 Å². The molecule has 140 valence electrons. The number of nitrogens with zero attached hydrogens (tertiary/aromatic N) is 3. The van der Waals surface area contributed by atoms with Gasteiger partial charge in [0.25, 0.3) is 0 Å². The largest absolute Gasteiger partial charge is 0.604 e. The first-order valence-corrected chi connectivity index (χ1v) is 8.72. The van der Waals surface area contributed by atoms with E-state index >= 15 is 0 Å². The predicted molar refractivity (Wildman–Crippen MR) is 83.5 cm³/mol. The van der Waals surface area contributed by atoms with Crippen LogP contribution in [0, 0.1) is 11.3 Å². The lowest BCUT2D eigenvalue weighted by atomic mass is 10.2. The SMILES string of the molecule is N#Cc1nn(-c2c(Cl)cc(C(F)(F)F)cc2Cl)c(Br)c1[S+]([O-])C(F)(F)F. The average Bonchev–Trinajstić information content (AvgIpc) is 2.80.